The van der Waals surface area contributed by atoms with Crippen LogP contribution in [0.2, 0.25) is 0 Å². The summed E-state index contributed by atoms with van der Waals surface area (Å²) in [5, 5.41) is 6.66. The highest BCUT2D eigenvalue weighted by Gasteiger charge is 2.17. The van der Waals surface area contributed by atoms with Crippen molar-refractivity contribution >= 4 is 29.9 Å². The first-order valence-corrected chi connectivity index (χ1v) is 10.1. The van der Waals surface area contributed by atoms with Crippen molar-refractivity contribution in [3.8, 4) is 5.75 Å². The van der Waals surface area contributed by atoms with E-state index in [1.54, 1.807) is 0 Å². The standard InChI is InChI=1S/C21H35N3O3.HI/c1-5-22-21(24-17(4)14-27-18-10-12-25-15-18)23-11-13-26-20-9-7-6-8-19(20)16(2)3;/h6-9,16-18H,5,10-15H2,1-4H3,(H2,22,23,24);1H. The average molecular weight is 505 g/mol. The van der Waals surface area contributed by atoms with Crippen LogP contribution in [0.5, 0.6) is 5.75 Å². The van der Waals surface area contributed by atoms with Crippen molar-refractivity contribution in [2.24, 2.45) is 4.99 Å². The molecule has 0 saturated carbocycles. The Morgan fingerprint density at radius 2 is 2.07 bits per heavy atom. The quantitative estimate of drug-likeness (QED) is 0.221. The van der Waals surface area contributed by atoms with Gasteiger partial charge in [0.15, 0.2) is 5.96 Å². The molecule has 2 unspecified atom stereocenters. The van der Waals surface area contributed by atoms with Crippen LogP contribution in [0.25, 0.3) is 0 Å². The Balaban J connectivity index is 0.00000392. The molecule has 0 spiro atoms. The summed E-state index contributed by atoms with van der Waals surface area (Å²) in [6.07, 6.45) is 1.21. The summed E-state index contributed by atoms with van der Waals surface area (Å²) in [5.41, 5.74) is 1.23. The van der Waals surface area contributed by atoms with E-state index < -0.39 is 0 Å². The highest BCUT2D eigenvalue weighted by molar-refractivity contribution is 14.0. The fourth-order valence-corrected chi connectivity index (χ4v) is 2.92. The second-order valence-corrected chi connectivity index (χ2v) is 7.17. The van der Waals surface area contributed by atoms with E-state index in [9.17, 15) is 0 Å². The van der Waals surface area contributed by atoms with Gasteiger partial charge in [-0.2, -0.15) is 0 Å². The molecule has 6 nitrogen and oxygen atoms in total. The second kappa shape index (κ2) is 14.0. The lowest BCUT2D eigenvalue weighted by atomic mass is 10.0. The third kappa shape index (κ3) is 8.96. The van der Waals surface area contributed by atoms with Crippen LogP contribution < -0.4 is 15.4 Å². The molecule has 0 radical (unpaired) electrons. The summed E-state index contributed by atoms with van der Waals surface area (Å²) in [7, 11) is 0. The van der Waals surface area contributed by atoms with E-state index in [1.165, 1.54) is 5.56 Å². The van der Waals surface area contributed by atoms with E-state index in [-0.39, 0.29) is 36.1 Å². The summed E-state index contributed by atoms with van der Waals surface area (Å²) >= 11 is 0. The van der Waals surface area contributed by atoms with E-state index in [0.717, 1.165) is 31.3 Å². The lowest BCUT2D eigenvalue weighted by Gasteiger charge is -2.19. The van der Waals surface area contributed by atoms with Gasteiger partial charge in [-0.05, 0) is 37.8 Å². The fraction of sp³-hybridized carbons (Fsp3) is 0.667. The van der Waals surface area contributed by atoms with Gasteiger partial charge >= 0.3 is 0 Å². The van der Waals surface area contributed by atoms with Gasteiger partial charge in [0, 0.05) is 19.2 Å². The second-order valence-electron chi connectivity index (χ2n) is 7.17. The van der Waals surface area contributed by atoms with Crippen molar-refractivity contribution in [2.75, 3.05) is 39.5 Å². The molecule has 1 fully saturated rings. The van der Waals surface area contributed by atoms with Crippen LogP contribution >= 0.6 is 24.0 Å². The molecule has 0 aromatic heterocycles. The Hall–Kier alpha value is -1.06. The number of guanidine groups is 1. The number of rotatable bonds is 10. The molecule has 28 heavy (non-hydrogen) atoms. The van der Waals surface area contributed by atoms with Gasteiger partial charge in [0.2, 0.25) is 0 Å². The SMILES string of the molecule is CCNC(=NCCOc1ccccc1C(C)C)NC(C)COC1CCOC1.I. The zero-order valence-corrected chi connectivity index (χ0v) is 19.9. The van der Waals surface area contributed by atoms with Crippen LogP contribution in [0.3, 0.4) is 0 Å². The van der Waals surface area contributed by atoms with Crippen LogP contribution in [0, 0.1) is 0 Å². The number of hydrogen-bond acceptors (Lipinski definition) is 4. The minimum absolute atomic E-state index is 0. The maximum Gasteiger partial charge on any atom is 0.191 e. The van der Waals surface area contributed by atoms with Gasteiger partial charge < -0.3 is 24.8 Å². The van der Waals surface area contributed by atoms with Gasteiger partial charge in [-0.25, -0.2) is 4.99 Å². The third-order valence-corrected chi connectivity index (χ3v) is 4.36. The van der Waals surface area contributed by atoms with Crippen molar-refractivity contribution < 1.29 is 14.2 Å². The predicted molar refractivity (Wildman–Crippen MR) is 125 cm³/mol. The summed E-state index contributed by atoms with van der Waals surface area (Å²) in [5.74, 6) is 2.17. The monoisotopic (exact) mass is 505 g/mol. The molecule has 0 amide bonds. The summed E-state index contributed by atoms with van der Waals surface area (Å²) < 4.78 is 17.2. The van der Waals surface area contributed by atoms with Crippen LogP contribution in [0.15, 0.2) is 29.3 Å². The molecular formula is C21H36IN3O3. The van der Waals surface area contributed by atoms with E-state index in [2.05, 4.69) is 55.5 Å². The molecule has 1 aromatic rings. The van der Waals surface area contributed by atoms with Crippen LogP contribution in [0.1, 0.15) is 45.6 Å². The first-order chi connectivity index (χ1) is 13.1. The molecule has 1 aliphatic rings. The molecule has 2 N–H and O–H groups in total. The van der Waals surface area contributed by atoms with Crippen molar-refractivity contribution in [1.82, 2.24) is 10.6 Å². The molecule has 1 saturated heterocycles. The van der Waals surface area contributed by atoms with Gasteiger partial charge in [0.05, 0.1) is 25.9 Å². The highest BCUT2D eigenvalue weighted by Crippen LogP contribution is 2.25. The van der Waals surface area contributed by atoms with Crippen LogP contribution in [-0.4, -0.2) is 57.6 Å². The number of halogens is 1. The van der Waals surface area contributed by atoms with Crippen LogP contribution in [-0.2, 0) is 9.47 Å². The van der Waals surface area contributed by atoms with Crippen molar-refractivity contribution in [3.05, 3.63) is 29.8 Å². The minimum Gasteiger partial charge on any atom is -0.491 e. The number of hydrogen-bond donors (Lipinski definition) is 2. The minimum atomic E-state index is 0. The summed E-state index contributed by atoms with van der Waals surface area (Å²) in [6.45, 7) is 12.6. The lowest BCUT2D eigenvalue weighted by Crippen LogP contribution is -2.44. The summed E-state index contributed by atoms with van der Waals surface area (Å²) in [4.78, 5) is 4.61. The molecule has 0 aliphatic carbocycles. The largest absolute Gasteiger partial charge is 0.491 e. The lowest BCUT2D eigenvalue weighted by molar-refractivity contribution is 0.0347. The van der Waals surface area contributed by atoms with Crippen molar-refractivity contribution in [1.29, 1.82) is 0 Å². The number of benzene rings is 1. The molecule has 1 aromatic carbocycles. The number of aliphatic imine (C=N–C) groups is 1. The first kappa shape index (κ1) is 25.0. The zero-order valence-electron chi connectivity index (χ0n) is 17.6. The molecule has 1 heterocycles. The Morgan fingerprint density at radius 3 is 2.75 bits per heavy atom. The van der Waals surface area contributed by atoms with Gasteiger partial charge in [0.1, 0.15) is 12.4 Å². The molecule has 0 bridgehead atoms. The fourth-order valence-electron chi connectivity index (χ4n) is 2.92. The Bertz CT molecular complexity index is 578. The number of nitrogens with zero attached hydrogens (tertiary/aromatic N) is 1. The van der Waals surface area contributed by atoms with Gasteiger partial charge in [0.25, 0.3) is 0 Å². The molecule has 7 heteroatoms. The zero-order chi connectivity index (χ0) is 19.5. The Kier molecular flexibility index (Phi) is 12.5. The van der Waals surface area contributed by atoms with E-state index in [4.69, 9.17) is 14.2 Å². The van der Waals surface area contributed by atoms with Crippen molar-refractivity contribution in [3.63, 3.8) is 0 Å². The van der Waals surface area contributed by atoms with E-state index in [0.29, 0.717) is 32.3 Å². The van der Waals surface area contributed by atoms with Crippen LogP contribution in [0.4, 0.5) is 0 Å². The maximum absolute atomic E-state index is 5.95. The highest BCUT2D eigenvalue weighted by atomic mass is 127. The van der Waals surface area contributed by atoms with E-state index in [1.807, 2.05) is 12.1 Å². The van der Waals surface area contributed by atoms with Gasteiger partial charge in [-0.1, -0.05) is 32.0 Å². The topological polar surface area (TPSA) is 64.1 Å². The molecule has 2 rings (SSSR count). The molecule has 160 valence electrons. The first-order valence-electron chi connectivity index (χ1n) is 10.1. The maximum atomic E-state index is 5.95. The average Bonchev–Trinajstić information content (AvgIpc) is 3.17. The third-order valence-electron chi connectivity index (χ3n) is 4.36. The number of nitrogens with one attached hydrogen (secondary N) is 2. The summed E-state index contributed by atoms with van der Waals surface area (Å²) in [6, 6.07) is 8.37. The van der Waals surface area contributed by atoms with Gasteiger partial charge in [-0.3, -0.25) is 0 Å². The van der Waals surface area contributed by atoms with Gasteiger partial charge in [-0.15, -0.1) is 24.0 Å². The Labute approximate surface area is 186 Å². The normalized spacial score (nSPS) is 17.9. The number of para-hydroxylation sites is 1. The van der Waals surface area contributed by atoms with Crippen molar-refractivity contribution in [2.45, 2.75) is 52.2 Å². The molecular weight excluding hydrogens is 469 g/mol. The number of ether oxygens (including phenoxy) is 3. The Morgan fingerprint density at radius 1 is 1.29 bits per heavy atom. The predicted octanol–water partition coefficient (Wildman–Crippen LogP) is 3.56. The molecule has 2 atom stereocenters. The van der Waals surface area contributed by atoms with E-state index >= 15 is 0 Å². The smallest absolute Gasteiger partial charge is 0.191 e. The molecule has 1 aliphatic heterocycles.